The first-order chi connectivity index (χ1) is 19.6. The Hall–Kier alpha value is -3.24. The second-order valence-corrected chi connectivity index (χ2v) is 13.9. The number of piperazine rings is 1. The molecule has 0 spiro atoms. The van der Waals surface area contributed by atoms with E-state index in [0.717, 1.165) is 42.9 Å². The van der Waals surface area contributed by atoms with E-state index in [0.29, 0.717) is 51.0 Å². The number of Topliss-reactive ketones (excluding diaryl/α,β-unsaturated/α-hetero) is 1. The molecule has 3 aliphatic heterocycles. The van der Waals surface area contributed by atoms with Gasteiger partial charge in [0.15, 0.2) is 5.78 Å². The van der Waals surface area contributed by atoms with E-state index in [1.807, 2.05) is 41.0 Å². The zero-order chi connectivity index (χ0) is 28.9. The molecule has 2 aromatic carbocycles. The lowest BCUT2D eigenvalue weighted by Gasteiger charge is -2.39. The van der Waals surface area contributed by atoms with Gasteiger partial charge < -0.3 is 14.7 Å². The number of hydrogen-bond donors (Lipinski definition) is 0. The van der Waals surface area contributed by atoms with E-state index in [-0.39, 0.29) is 40.4 Å². The number of hydrogen-bond acceptors (Lipinski definition) is 6. The lowest BCUT2D eigenvalue weighted by atomic mass is 9.96. The number of benzene rings is 2. The van der Waals surface area contributed by atoms with Gasteiger partial charge in [-0.05, 0) is 94.0 Å². The minimum atomic E-state index is -3.69. The van der Waals surface area contributed by atoms with Crippen LogP contribution in [0.3, 0.4) is 0 Å². The summed E-state index contributed by atoms with van der Waals surface area (Å²) in [6, 6.07) is 12.8. The van der Waals surface area contributed by atoms with Crippen molar-refractivity contribution in [2.24, 2.45) is 11.8 Å². The van der Waals surface area contributed by atoms with Crippen LogP contribution in [0.1, 0.15) is 55.5 Å². The van der Waals surface area contributed by atoms with E-state index in [4.69, 9.17) is 0 Å². The molecule has 1 atom stereocenters. The average Bonchev–Trinajstić information content (AvgIpc) is 3.78. The molecule has 1 saturated carbocycles. The fourth-order valence-corrected chi connectivity index (χ4v) is 7.99. The molecule has 2 saturated heterocycles. The number of amides is 2. The molecule has 2 aromatic rings. The second kappa shape index (κ2) is 10.9. The molecule has 0 bridgehead atoms. The molecule has 41 heavy (non-hydrogen) atoms. The molecule has 3 fully saturated rings. The summed E-state index contributed by atoms with van der Waals surface area (Å²) in [5.74, 6) is 0.251. The third kappa shape index (κ3) is 5.39. The van der Waals surface area contributed by atoms with Crippen LogP contribution in [0.2, 0.25) is 0 Å². The Morgan fingerprint density at radius 2 is 1.41 bits per heavy atom. The standard InChI is InChI=1S/C31H38N4O5S/c1-21-19-26-20-28(9-10-29(26)35(21)31(38)24-3-4-24)41(39,40)34-13-11-25(12-14-34)30(37)33-17-15-32(16-18-33)27-7-5-23(6-8-27)22(2)36/h5-10,20-21,24-25H,3-4,11-19H2,1-2H3/t21-/m0/s1. The summed E-state index contributed by atoms with van der Waals surface area (Å²) in [5, 5.41) is 0. The third-order valence-corrected chi connectivity index (χ3v) is 11.0. The highest BCUT2D eigenvalue weighted by Gasteiger charge is 2.40. The van der Waals surface area contributed by atoms with Crippen LogP contribution in [0, 0.1) is 11.8 Å². The number of rotatable bonds is 6. The van der Waals surface area contributed by atoms with E-state index < -0.39 is 10.0 Å². The van der Waals surface area contributed by atoms with Gasteiger partial charge in [-0.15, -0.1) is 0 Å². The lowest BCUT2D eigenvalue weighted by Crippen LogP contribution is -2.52. The molecule has 1 aliphatic carbocycles. The number of fused-ring (bicyclic) bond motifs is 1. The lowest BCUT2D eigenvalue weighted by molar-refractivity contribution is -0.137. The van der Waals surface area contributed by atoms with Gasteiger partial charge in [-0.2, -0.15) is 4.31 Å². The van der Waals surface area contributed by atoms with Gasteiger partial charge >= 0.3 is 0 Å². The predicted octanol–water partition coefficient (Wildman–Crippen LogP) is 3.33. The average molecular weight is 579 g/mol. The van der Waals surface area contributed by atoms with Gasteiger partial charge in [0.05, 0.1) is 4.90 Å². The molecule has 218 valence electrons. The smallest absolute Gasteiger partial charge is 0.243 e. The second-order valence-electron chi connectivity index (χ2n) is 11.9. The first-order valence-electron chi connectivity index (χ1n) is 14.7. The van der Waals surface area contributed by atoms with Crippen LogP contribution >= 0.6 is 0 Å². The van der Waals surface area contributed by atoms with Crippen LogP contribution in [-0.2, 0) is 26.0 Å². The largest absolute Gasteiger partial charge is 0.368 e. The Labute approximate surface area is 242 Å². The maximum absolute atomic E-state index is 13.5. The van der Waals surface area contributed by atoms with Crippen molar-refractivity contribution in [3.8, 4) is 0 Å². The fourth-order valence-electron chi connectivity index (χ4n) is 6.47. The number of piperidine rings is 1. The summed E-state index contributed by atoms with van der Waals surface area (Å²) in [4.78, 5) is 43.9. The Balaban J connectivity index is 1.04. The molecular formula is C31H38N4O5S. The number of nitrogens with zero attached hydrogens (tertiary/aromatic N) is 4. The summed E-state index contributed by atoms with van der Waals surface area (Å²) in [6.07, 6.45) is 3.56. The molecule has 3 heterocycles. The molecule has 0 aromatic heterocycles. The van der Waals surface area contributed by atoms with Crippen LogP contribution in [0.15, 0.2) is 47.4 Å². The van der Waals surface area contributed by atoms with Gasteiger partial charge in [0.2, 0.25) is 21.8 Å². The number of ketones is 1. The van der Waals surface area contributed by atoms with Gasteiger partial charge in [0, 0.05) is 74.1 Å². The minimum absolute atomic E-state index is 0.0342. The van der Waals surface area contributed by atoms with E-state index >= 15 is 0 Å². The first-order valence-corrected chi connectivity index (χ1v) is 16.2. The molecule has 0 unspecified atom stereocenters. The summed E-state index contributed by atoms with van der Waals surface area (Å²) >= 11 is 0. The SMILES string of the molecule is CC(=O)c1ccc(N2CCN(C(=O)C3CCN(S(=O)(=O)c4ccc5c(c4)C[C@H](C)N5C(=O)C4CC4)CC3)CC2)cc1. The number of carbonyl (C=O) groups is 3. The molecule has 0 radical (unpaired) electrons. The topological polar surface area (TPSA) is 98.3 Å². The highest BCUT2D eigenvalue weighted by Crippen LogP contribution is 2.40. The molecule has 2 amide bonds. The normalized spacial score (nSPS) is 22.1. The minimum Gasteiger partial charge on any atom is -0.368 e. The number of anilines is 2. The monoisotopic (exact) mass is 578 g/mol. The Morgan fingerprint density at radius 1 is 0.780 bits per heavy atom. The van der Waals surface area contributed by atoms with E-state index in [1.165, 1.54) is 4.31 Å². The van der Waals surface area contributed by atoms with Crippen LogP contribution < -0.4 is 9.80 Å². The van der Waals surface area contributed by atoms with Crippen molar-refractivity contribution in [3.05, 3.63) is 53.6 Å². The van der Waals surface area contributed by atoms with Crippen molar-refractivity contribution in [1.82, 2.24) is 9.21 Å². The Kier molecular flexibility index (Phi) is 7.40. The maximum Gasteiger partial charge on any atom is 0.243 e. The summed E-state index contributed by atoms with van der Waals surface area (Å²) in [7, 11) is -3.69. The van der Waals surface area contributed by atoms with E-state index in [9.17, 15) is 22.8 Å². The molecule has 9 nitrogen and oxygen atoms in total. The first kappa shape index (κ1) is 27.9. The zero-order valence-electron chi connectivity index (χ0n) is 23.8. The summed E-state index contributed by atoms with van der Waals surface area (Å²) < 4.78 is 28.6. The van der Waals surface area contributed by atoms with E-state index in [1.54, 1.807) is 25.1 Å². The van der Waals surface area contributed by atoms with Crippen LogP contribution in [0.4, 0.5) is 11.4 Å². The predicted molar refractivity (Wildman–Crippen MR) is 157 cm³/mol. The van der Waals surface area contributed by atoms with Crippen LogP contribution in [-0.4, -0.2) is 80.5 Å². The van der Waals surface area contributed by atoms with Gasteiger partial charge in [-0.3, -0.25) is 14.4 Å². The Morgan fingerprint density at radius 3 is 2.02 bits per heavy atom. The van der Waals surface area contributed by atoms with Crippen molar-refractivity contribution < 1.29 is 22.8 Å². The maximum atomic E-state index is 13.5. The quantitative estimate of drug-likeness (QED) is 0.488. The van der Waals surface area contributed by atoms with Gasteiger partial charge in [-0.1, -0.05) is 0 Å². The van der Waals surface area contributed by atoms with Crippen molar-refractivity contribution in [1.29, 1.82) is 0 Å². The van der Waals surface area contributed by atoms with E-state index in [2.05, 4.69) is 4.90 Å². The number of carbonyl (C=O) groups excluding carboxylic acids is 3. The number of sulfonamides is 1. The molecule has 10 heteroatoms. The zero-order valence-corrected chi connectivity index (χ0v) is 24.6. The van der Waals surface area contributed by atoms with Crippen LogP contribution in [0.5, 0.6) is 0 Å². The summed E-state index contributed by atoms with van der Waals surface area (Å²) in [5.41, 5.74) is 3.48. The molecular weight excluding hydrogens is 540 g/mol. The van der Waals surface area contributed by atoms with Crippen molar-refractivity contribution in [2.45, 2.75) is 56.9 Å². The molecule has 6 rings (SSSR count). The summed E-state index contributed by atoms with van der Waals surface area (Å²) in [6.45, 7) is 6.90. The highest BCUT2D eigenvalue weighted by molar-refractivity contribution is 7.89. The third-order valence-electron chi connectivity index (χ3n) is 9.10. The van der Waals surface area contributed by atoms with Gasteiger partial charge in [-0.25, -0.2) is 8.42 Å². The van der Waals surface area contributed by atoms with Crippen LogP contribution in [0.25, 0.3) is 0 Å². The van der Waals surface area contributed by atoms with Crippen molar-refractivity contribution >= 4 is 39.0 Å². The van der Waals surface area contributed by atoms with Crippen molar-refractivity contribution in [3.63, 3.8) is 0 Å². The van der Waals surface area contributed by atoms with Gasteiger partial charge in [0.25, 0.3) is 0 Å². The highest BCUT2D eigenvalue weighted by atomic mass is 32.2. The molecule has 0 N–H and O–H groups in total. The van der Waals surface area contributed by atoms with Gasteiger partial charge in [0.1, 0.15) is 0 Å². The Bertz CT molecular complexity index is 1450. The van der Waals surface area contributed by atoms with Crippen molar-refractivity contribution in [2.75, 3.05) is 49.1 Å². The molecule has 4 aliphatic rings. The fraction of sp³-hybridized carbons (Fsp3) is 0.516.